The third-order valence-electron chi connectivity index (χ3n) is 3.19. The van der Waals surface area contributed by atoms with Crippen molar-refractivity contribution >= 4 is 32.8 Å². The molecule has 0 radical (unpaired) electrons. The molecular formula is C15H14FNS2. The molecule has 0 aliphatic heterocycles. The second-order valence-electron chi connectivity index (χ2n) is 4.61. The molecule has 1 atom stereocenters. The summed E-state index contributed by atoms with van der Waals surface area (Å²) in [5.41, 5.74) is 7.57. The number of nitrogens with two attached hydrogens (primary N) is 1. The van der Waals surface area contributed by atoms with Gasteiger partial charge in [0.1, 0.15) is 5.82 Å². The molecule has 0 saturated heterocycles. The molecule has 2 heterocycles. The van der Waals surface area contributed by atoms with Gasteiger partial charge in [0.25, 0.3) is 0 Å². The number of benzene rings is 1. The topological polar surface area (TPSA) is 26.0 Å². The summed E-state index contributed by atoms with van der Waals surface area (Å²) in [4.78, 5) is 1.14. The third-order valence-corrected chi connectivity index (χ3v) is 5.17. The predicted molar refractivity (Wildman–Crippen MR) is 81.4 cm³/mol. The average molecular weight is 291 g/mol. The lowest BCUT2D eigenvalue weighted by atomic mass is 10.1. The van der Waals surface area contributed by atoms with Crippen LogP contribution in [-0.2, 0) is 6.42 Å². The minimum atomic E-state index is -0.191. The predicted octanol–water partition coefficient (Wildman–Crippen LogP) is 4.73. The van der Waals surface area contributed by atoms with E-state index in [2.05, 4.69) is 16.8 Å². The zero-order chi connectivity index (χ0) is 13.2. The van der Waals surface area contributed by atoms with E-state index in [1.165, 1.54) is 11.6 Å². The normalized spacial score (nSPS) is 12.9. The maximum Gasteiger partial charge on any atom is 0.123 e. The van der Waals surface area contributed by atoms with Crippen molar-refractivity contribution in [2.24, 2.45) is 5.73 Å². The summed E-state index contributed by atoms with van der Waals surface area (Å²) < 4.78 is 14.3. The molecule has 0 bridgehead atoms. The molecule has 2 N–H and O–H groups in total. The van der Waals surface area contributed by atoms with Crippen LogP contribution in [-0.4, -0.2) is 0 Å². The molecule has 1 aromatic carbocycles. The Hall–Kier alpha value is -1.23. The van der Waals surface area contributed by atoms with E-state index in [0.29, 0.717) is 0 Å². The van der Waals surface area contributed by atoms with Gasteiger partial charge < -0.3 is 5.73 Å². The molecule has 0 spiro atoms. The molecule has 0 fully saturated rings. The SMILES string of the molecule is NC(CCc1ccsc1)c1cc2cc(F)ccc2s1. The minimum Gasteiger partial charge on any atom is -0.323 e. The Labute approximate surface area is 119 Å². The molecule has 0 saturated carbocycles. The highest BCUT2D eigenvalue weighted by molar-refractivity contribution is 7.19. The average Bonchev–Trinajstić information content (AvgIpc) is 3.04. The maximum absolute atomic E-state index is 13.2. The van der Waals surface area contributed by atoms with Crippen LogP contribution in [0.25, 0.3) is 10.1 Å². The molecule has 3 rings (SSSR count). The highest BCUT2D eigenvalue weighted by Gasteiger charge is 2.11. The first kappa shape index (κ1) is 12.8. The fourth-order valence-electron chi connectivity index (χ4n) is 2.12. The summed E-state index contributed by atoms with van der Waals surface area (Å²) in [5.74, 6) is -0.191. The van der Waals surface area contributed by atoms with Gasteiger partial charge in [-0.2, -0.15) is 11.3 Å². The van der Waals surface area contributed by atoms with Crippen molar-refractivity contribution in [1.29, 1.82) is 0 Å². The van der Waals surface area contributed by atoms with Crippen LogP contribution in [0.2, 0.25) is 0 Å². The molecule has 2 aromatic heterocycles. The van der Waals surface area contributed by atoms with Crippen molar-refractivity contribution < 1.29 is 4.39 Å². The minimum absolute atomic E-state index is 0.0281. The lowest BCUT2D eigenvalue weighted by Gasteiger charge is -2.07. The van der Waals surface area contributed by atoms with Crippen molar-refractivity contribution in [1.82, 2.24) is 0 Å². The van der Waals surface area contributed by atoms with Gasteiger partial charge in [0.15, 0.2) is 0 Å². The smallest absolute Gasteiger partial charge is 0.123 e. The number of hydrogen-bond donors (Lipinski definition) is 1. The lowest BCUT2D eigenvalue weighted by molar-refractivity contribution is 0.630. The van der Waals surface area contributed by atoms with Crippen LogP contribution in [0.4, 0.5) is 4.39 Å². The monoisotopic (exact) mass is 291 g/mol. The van der Waals surface area contributed by atoms with Gasteiger partial charge in [0.2, 0.25) is 0 Å². The molecule has 4 heteroatoms. The second kappa shape index (κ2) is 5.41. The Morgan fingerprint density at radius 3 is 2.89 bits per heavy atom. The number of aryl methyl sites for hydroxylation is 1. The van der Waals surface area contributed by atoms with Gasteiger partial charge in [-0.3, -0.25) is 0 Å². The van der Waals surface area contributed by atoms with Gasteiger partial charge in [-0.25, -0.2) is 4.39 Å². The number of fused-ring (bicyclic) bond motifs is 1. The maximum atomic E-state index is 13.2. The third kappa shape index (κ3) is 2.86. The second-order valence-corrected chi connectivity index (χ2v) is 6.50. The zero-order valence-corrected chi connectivity index (χ0v) is 11.9. The van der Waals surface area contributed by atoms with Crippen LogP contribution >= 0.6 is 22.7 Å². The summed E-state index contributed by atoms with van der Waals surface area (Å²) in [6.07, 6.45) is 1.92. The number of rotatable bonds is 4. The first-order valence-corrected chi connectivity index (χ1v) is 7.94. The number of halogens is 1. The van der Waals surface area contributed by atoms with E-state index in [9.17, 15) is 4.39 Å². The standard InChI is InChI=1S/C15H14FNS2/c16-12-2-4-14-11(7-12)8-15(19-14)13(17)3-1-10-5-6-18-9-10/h2,4-9,13H,1,3,17H2. The van der Waals surface area contributed by atoms with Gasteiger partial charge in [-0.15, -0.1) is 11.3 Å². The molecule has 0 aliphatic carbocycles. The largest absolute Gasteiger partial charge is 0.323 e. The number of thiophene rings is 2. The lowest BCUT2D eigenvalue weighted by Crippen LogP contribution is -2.09. The van der Waals surface area contributed by atoms with E-state index in [1.807, 2.05) is 12.1 Å². The molecule has 0 aliphatic rings. The highest BCUT2D eigenvalue weighted by Crippen LogP contribution is 2.31. The first-order valence-electron chi connectivity index (χ1n) is 6.18. The van der Waals surface area contributed by atoms with Crippen molar-refractivity contribution in [2.45, 2.75) is 18.9 Å². The Kier molecular flexibility index (Phi) is 3.64. The van der Waals surface area contributed by atoms with Crippen molar-refractivity contribution in [2.75, 3.05) is 0 Å². The fourth-order valence-corrected chi connectivity index (χ4v) is 3.90. The van der Waals surface area contributed by atoms with Crippen LogP contribution in [0.5, 0.6) is 0 Å². The van der Waals surface area contributed by atoms with E-state index >= 15 is 0 Å². The molecule has 98 valence electrons. The molecule has 19 heavy (non-hydrogen) atoms. The van der Waals surface area contributed by atoms with Gasteiger partial charge in [-0.05, 0) is 64.9 Å². The van der Waals surface area contributed by atoms with Crippen LogP contribution in [0.3, 0.4) is 0 Å². The molecule has 3 aromatic rings. The van der Waals surface area contributed by atoms with Gasteiger partial charge >= 0.3 is 0 Å². The molecule has 1 unspecified atom stereocenters. The van der Waals surface area contributed by atoms with Crippen LogP contribution in [0.1, 0.15) is 22.9 Å². The summed E-state index contributed by atoms with van der Waals surface area (Å²) in [6, 6.07) is 9.07. The Morgan fingerprint density at radius 1 is 1.21 bits per heavy atom. The summed E-state index contributed by atoms with van der Waals surface area (Å²) in [7, 11) is 0. The van der Waals surface area contributed by atoms with Crippen LogP contribution < -0.4 is 5.73 Å². The summed E-state index contributed by atoms with van der Waals surface area (Å²) >= 11 is 3.37. The van der Waals surface area contributed by atoms with Crippen molar-refractivity contribution in [3.63, 3.8) is 0 Å². The van der Waals surface area contributed by atoms with E-state index in [1.54, 1.807) is 28.7 Å². The van der Waals surface area contributed by atoms with E-state index in [4.69, 9.17) is 5.73 Å². The van der Waals surface area contributed by atoms with E-state index in [-0.39, 0.29) is 11.9 Å². The van der Waals surface area contributed by atoms with Crippen molar-refractivity contribution in [3.05, 3.63) is 57.3 Å². The van der Waals surface area contributed by atoms with Gasteiger partial charge in [-0.1, -0.05) is 0 Å². The molecule has 1 nitrogen and oxygen atoms in total. The fraction of sp³-hybridized carbons (Fsp3) is 0.200. The quantitative estimate of drug-likeness (QED) is 0.738. The number of hydrogen-bond acceptors (Lipinski definition) is 3. The van der Waals surface area contributed by atoms with E-state index in [0.717, 1.165) is 27.8 Å². The summed E-state index contributed by atoms with van der Waals surface area (Å²) in [5, 5.41) is 5.20. The Balaban J connectivity index is 1.75. The van der Waals surface area contributed by atoms with Crippen LogP contribution in [0.15, 0.2) is 41.1 Å². The van der Waals surface area contributed by atoms with Crippen molar-refractivity contribution in [3.8, 4) is 0 Å². The van der Waals surface area contributed by atoms with Crippen LogP contribution in [0, 0.1) is 5.82 Å². The van der Waals surface area contributed by atoms with Gasteiger partial charge in [0, 0.05) is 15.6 Å². The Morgan fingerprint density at radius 2 is 2.11 bits per heavy atom. The van der Waals surface area contributed by atoms with E-state index < -0.39 is 0 Å². The highest BCUT2D eigenvalue weighted by atomic mass is 32.1. The zero-order valence-electron chi connectivity index (χ0n) is 10.3. The summed E-state index contributed by atoms with van der Waals surface area (Å²) in [6.45, 7) is 0. The Bertz CT molecular complexity index is 673. The molecular weight excluding hydrogens is 277 g/mol. The first-order chi connectivity index (χ1) is 9.22. The van der Waals surface area contributed by atoms with Gasteiger partial charge in [0.05, 0.1) is 0 Å². The molecule has 0 amide bonds.